The van der Waals surface area contributed by atoms with E-state index in [1.165, 1.54) is 11.1 Å². The average molecular weight is 477 g/mol. The number of carbonyl (C=O) groups excluding carboxylic acids is 2. The normalized spacial score (nSPS) is 21.6. The number of carboxylic acid groups (broad SMARTS) is 1. The van der Waals surface area contributed by atoms with E-state index in [0.29, 0.717) is 25.3 Å². The second kappa shape index (κ2) is 10.1. The summed E-state index contributed by atoms with van der Waals surface area (Å²) in [7, 11) is 0. The van der Waals surface area contributed by atoms with Crippen LogP contribution in [-0.4, -0.2) is 42.3 Å². The minimum atomic E-state index is -0.975. The van der Waals surface area contributed by atoms with Crippen molar-refractivity contribution in [2.75, 3.05) is 13.2 Å². The number of carboxylic acids is 1. The molecule has 0 aliphatic heterocycles. The van der Waals surface area contributed by atoms with E-state index in [4.69, 9.17) is 4.74 Å². The Morgan fingerprint density at radius 1 is 0.943 bits per heavy atom. The summed E-state index contributed by atoms with van der Waals surface area (Å²) in [6.45, 7) is 0.588. The molecular formula is C28H32N2O5. The molecule has 3 aliphatic carbocycles. The van der Waals surface area contributed by atoms with Crippen molar-refractivity contribution in [1.29, 1.82) is 0 Å². The van der Waals surface area contributed by atoms with E-state index in [1.54, 1.807) is 0 Å². The quantitative estimate of drug-likeness (QED) is 0.500. The van der Waals surface area contributed by atoms with Gasteiger partial charge in [0, 0.05) is 18.4 Å². The third kappa shape index (κ3) is 5.19. The molecule has 7 heteroatoms. The van der Waals surface area contributed by atoms with Crippen LogP contribution in [0, 0.1) is 17.8 Å². The van der Waals surface area contributed by atoms with Crippen molar-refractivity contribution >= 4 is 18.0 Å². The van der Waals surface area contributed by atoms with Gasteiger partial charge in [-0.2, -0.15) is 0 Å². The first kappa shape index (κ1) is 23.4. The summed E-state index contributed by atoms with van der Waals surface area (Å²) >= 11 is 0. The molecule has 2 saturated carbocycles. The van der Waals surface area contributed by atoms with Crippen LogP contribution in [0.2, 0.25) is 0 Å². The summed E-state index contributed by atoms with van der Waals surface area (Å²) in [5.41, 5.74) is 4.68. The van der Waals surface area contributed by atoms with Crippen molar-refractivity contribution < 1.29 is 24.2 Å². The highest BCUT2D eigenvalue weighted by atomic mass is 16.5. The van der Waals surface area contributed by atoms with Gasteiger partial charge < -0.3 is 20.5 Å². The number of rotatable bonds is 9. The van der Waals surface area contributed by atoms with Gasteiger partial charge in [0.1, 0.15) is 12.6 Å². The molecule has 0 spiro atoms. The molecule has 2 fully saturated rings. The standard InChI is InChI=1S/C28H32N2O5/c31-26(30-25(27(32)33)14-17-12-13-17)19-11-5-6-18(19)15-29-28(34)35-16-24-22-9-3-1-7-20(22)21-8-2-4-10-23(21)24/h1-4,7-10,17-19,24-25H,5-6,11-16H2,(H,29,34)(H,30,31)(H,32,33)/t18-,19-,25+/m1/s1. The van der Waals surface area contributed by atoms with E-state index in [-0.39, 0.29) is 30.3 Å². The fraction of sp³-hybridized carbons (Fsp3) is 0.464. The number of aliphatic carboxylic acids is 1. The molecule has 0 aromatic heterocycles. The number of carbonyl (C=O) groups is 3. The maximum absolute atomic E-state index is 12.8. The lowest BCUT2D eigenvalue weighted by molar-refractivity contribution is -0.143. The summed E-state index contributed by atoms with van der Waals surface area (Å²) in [4.78, 5) is 36.9. The number of hydrogen-bond donors (Lipinski definition) is 3. The van der Waals surface area contributed by atoms with Crippen LogP contribution in [0.25, 0.3) is 11.1 Å². The molecule has 3 aliphatic rings. The number of ether oxygens (including phenoxy) is 1. The predicted molar refractivity (Wildman–Crippen MR) is 131 cm³/mol. The number of benzene rings is 2. The van der Waals surface area contributed by atoms with Crippen LogP contribution >= 0.6 is 0 Å². The lowest BCUT2D eigenvalue weighted by Gasteiger charge is -2.22. The Bertz CT molecular complexity index is 1070. The van der Waals surface area contributed by atoms with Crippen LogP contribution < -0.4 is 10.6 Å². The lowest BCUT2D eigenvalue weighted by atomic mass is 9.94. The average Bonchev–Trinajstić information content (AvgIpc) is 3.45. The van der Waals surface area contributed by atoms with E-state index in [9.17, 15) is 19.5 Å². The van der Waals surface area contributed by atoms with Gasteiger partial charge in [-0.15, -0.1) is 0 Å². The highest BCUT2D eigenvalue weighted by Gasteiger charge is 2.37. The molecule has 35 heavy (non-hydrogen) atoms. The van der Waals surface area contributed by atoms with Gasteiger partial charge in [-0.05, 0) is 53.4 Å². The molecule has 3 atom stereocenters. The van der Waals surface area contributed by atoms with Crippen LogP contribution in [0.5, 0.6) is 0 Å². The van der Waals surface area contributed by atoms with Gasteiger partial charge in [0.15, 0.2) is 0 Å². The fourth-order valence-electron chi connectivity index (χ4n) is 5.68. The molecule has 184 valence electrons. The third-order valence-electron chi connectivity index (χ3n) is 7.73. The maximum Gasteiger partial charge on any atom is 0.407 e. The summed E-state index contributed by atoms with van der Waals surface area (Å²) in [5.74, 6) is -1.09. The van der Waals surface area contributed by atoms with Crippen LogP contribution in [0.15, 0.2) is 48.5 Å². The van der Waals surface area contributed by atoms with Crippen LogP contribution in [0.3, 0.4) is 0 Å². The highest BCUT2D eigenvalue weighted by Crippen LogP contribution is 2.44. The van der Waals surface area contributed by atoms with Crippen LogP contribution in [0.1, 0.15) is 55.6 Å². The van der Waals surface area contributed by atoms with Crippen LogP contribution in [-0.2, 0) is 14.3 Å². The first-order valence-electron chi connectivity index (χ1n) is 12.6. The van der Waals surface area contributed by atoms with Gasteiger partial charge in [-0.25, -0.2) is 9.59 Å². The van der Waals surface area contributed by atoms with E-state index >= 15 is 0 Å². The smallest absolute Gasteiger partial charge is 0.407 e. The molecule has 2 aromatic rings. The van der Waals surface area contributed by atoms with E-state index in [0.717, 1.165) is 36.8 Å². The molecule has 0 bridgehead atoms. The molecule has 2 aromatic carbocycles. The van der Waals surface area contributed by atoms with E-state index in [2.05, 4.69) is 34.9 Å². The van der Waals surface area contributed by atoms with Gasteiger partial charge in [0.25, 0.3) is 0 Å². The van der Waals surface area contributed by atoms with E-state index < -0.39 is 18.1 Å². The number of alkyl carbamates (subject to hydrolysis) is 1. The molecule has 2 amide bonds. The van der Waals surface area contributed by atoms with Crippen molar-refractivity contribution in [3.05, 3.63) is 59.7 Å². The van der Waals surface area contributed by atoms with Crippen molar-refractivity contribution in [1.82, 2.24) is 10.6 Å². The first-order chi connectivity index (χ1) is 17.0. The lowest BCUT2D eigenvalue weighted by Crippen LogP contribution is -2.45. The zero-order valence-electron chi connectivity index (χ0n) is 19.7. The van der Waals surface area contributed by atoms with Crippen molar-refractivity contribution in [3.8, 4) is 11.1 Å². The second-order valence-electron chi connectivity index (χ2n) is 10.1. The third-order valence-corrected chi connectivity index (χ3v) is 7.73. The van der Waals surface area contributed by atoms with E-state index in [1.807, 2.05) is 24.3 Å². The monoisotopic (exact) mass is 476 g/mol. The molecule has 5 rings (SSSR count). The Morgan fingerprint density at radius 3 is 2.23 bits per heavy atom. The number of hydrogen-bond acceptors (Lipinski definition) is 4. The van der Waals surface area contributed by atoms with Crippen molar-refractivity contribution in [2.24, 2.45) is 17.8 Å². The van der Waals surface area contributed by atoms with Gasteiger partial charge in [0.2, 0.25) is 5.91 Å². The molecule has 0 unspecified atom stereocenters. The van der Waals surface area contributed by atoms with Gasteiger partial charge in [0.05, 0.1) is 0 Å². The topological polar surface area (TPSA) is 105 Å². The predicted octanol–water partition coefficient (Wildman–Crippen LogP) is 4.31. The summed E-state index contributed by atoms with van der Waals surface area (Å²) in [6, 6.07) is 15.6. The highest BCUT2D eigenvalue weighted by molar-refractivity contribution is 5.85. The molecule has 3 N–H and O–H groups in total. The zero-order chi connectivity index (χ0) is 24.4. The maximum atomic E-state index is 12.8. The molecule has 7 nitrogen and oxygen atoms in total. The minimum Gasteiger partial charge on any atom is -0.480 e. The Labute approximate surface area is 205 Å². The SMILES string of the molecule is O=C(NC[C@H]1CCC[C@H]1C(=O)N[C@@H](CC1CC1)C(=O)O)OCC1c2ccccc2-c2ccccc21. The Morgan fingerprint density at radius 2 is 1.60 bits per heavy atom. The van der Waals surface area contributed by atoms with Crippen molar-refractivity contribution in [3.63, 3.8) is 0 Å². The number of amides is 2. The molecule has 0 radical (unpaired) electrons. The summed E-state index contributed by atoms with van der Waals surface area (Å²) in [5, 5.41) is 15.1. The largest absolute Gasteiger partial charge is 0.480 e. The van der Waals surface area contributed by atoms with Crippen molar-refractivity contribution in [2.45, 2.75) is 50.5 Å². The van der Waals surface area contributed by atoms with Gasteiger partial charge in [-0.1, -0.05) is 67.8 Å². The Balaban J connectivity index is 1.13. The van der Waals surface area contributed by atoms with Crippen LogP contribution in [0.4, 0.5) is 4.79 Å². The fourth-order valence-corrected chi connectivity index (χ4v) is 5.68. The zero-order valence-corrected chi connectivity index (χ0v) is 19.7. The van der Waals surface area contributed by atoms with Gasteiger partial charge in [-0.3, -0.25) is 4.79 Å². The molecule has 0 heterocycles. The Hall–Kier alpha value is -3.35. The Kier molecular flexibility index (Phi) is 6.75. The number of nitrogens with one attached hydrogen (secondary N) is 2. The summed E-state index contributed by atoms with van der Waals surface area (Å²) < 4.78 is 5.61. The first-order valence-corrected chi connectivity index (χ1v) is 12.6. The second-order valence-corrected chi connectivity index (χ2v) is 10.1. The molecule has 0 saturated heterocycles. The van der Waals surface area contributed by atoms with Gasteiger partial charge >= 0.3 is 12.1 Å². The molecular weight excluding hydrogens is 444 g/mol. The summed E-state index contributed by atoms with van der Waals surface area (Å²) in [6.07, 6.45) is 4.49. The number of fused-ring (bicyclic) bond motifs is 3. The minimum absolute atomic E-state index is 0.00224.